The molecule has 0 saturated heterocycles. The number of halogens is 3. The predicted octanol–water partition coefficient (Wildman–Crippen LogP) is 4.38. The first-order valence-electron chi connectivity index (χ1n) is 5.11. The Kier molecular flexibility index (Phi) is 3.87. The highest BCUT2D eigenvalue weighted by atomic mass is 79.9. The largest absolute Gasteiger partial charge is 0.397 e. The van der Waals surface area contributed by atoms with Gasteiger partial charge in [-0.15, -0.1) is 0 Å². The second kappa shape index (κ2) is 5.24. The topological polar surface area (TPSA) is 50.9 Å². The van der Waals surface area contributed by atoms with E-state index in [2.05, 4.69) is 42.2 Å². The third-order valence-electron chi connectivity index (χ3n) is 2.49. The Morgan fingerprint density at radius 1 is 1.33 bits per heavy atom. The summed E-state index contributed by atoms with van der Waals surface area (Å²) in [7, 11) is 0. The van der Waals surface area contributed by atoms with Gasteiger partial charge in [0.1, 0.15) is 11.6 Å². The average Bonchev–Trinajstić information content (AvgIpc) is 2.34. The van der Waals surface area contributed by atoms with Crippen LogP contribution in [0.25, 0.3) is 0 Å². The molecule has 0 fully saturated rings. The van der Waals surface area contributed by atoms with Crippen LogP contribution in [0.3, 0.4) is 0 Å². The van der Waals surface area contributed by atoms with E-state index >= 15 is 0 Å². The Balaban J connectivity index is 2.34. The van der Waals surface area contributed by atoms with Gasteiger partial charge in [0.2, 0.25) is 0 Å². The van der Waals surface area contributed by atoms with Gasteiger partial charge in [-0.3, -0.25) is 0 Å². The number of nitrogens with one attached hydrogen (secondary N) is 1. The zero-order chi connectivity index (χ0) is 13.3. The normalized spacial score (nSPS) is 10.4. The van der Waals surface area contributed by atoms with Crippen LogP contribution in [0.5, 0.6) is 0 Å². The Labute approximate surface area is 121 Å². The van der Waals surface area contributed by atoms with Crippen LogP contribution >= 0.6 is 31.9 Å². The van der Waals surface area contributed by atoms with Gasteiger partial charge in [0, 0.05) is 5.69 Å². The quantitative estimate of drug-likeness (QED) is 0.820. The van der Waals surface area contributed by atoms with Crippen LogP contribution in [-0.2, 0) is 0 Å². The number of anilines is 3. The SMILES string of the molecule is Cc1c(N)cnc(Nc2ccc(Br)c(F)c2)c1Br. The van der Waals surface area contributed by atoms with Crippen molar-refractivity contribution in [3.05, 3.63) is 44.7 Å². The fraction of sp³-hybridized carbons (Fsp3) is 0.0833. The van der Waals surface area contributed by atoms with Crippen molar-refractivity contribution in [1.29, 1.82) is 0 Å². The average molecular weight is 375 g/mol. The summed E-state index contributed by atoms with van der Waals surface area (Å²) >= 11 is 6.52. The molecule has 1 aromatic heterocycles. The van der Waals surface area contributed by atoms with Crippen LogP contribution < -0.4 is 11.1 Å². The Bertz CT molecular complexity index is 602. The van der Waals surface area contributed by atoms with Crippen molar-refractivity contribution in [2.45, 2.75) is 6.92 Å². The molecule has 2 rings (SSSR count). The number of pyridine rings is 1. The summed E-state index contributed by atoms with van der Waals surface area (Å²) in [6, 6.07) is 4.78. The van der Waals surface area contributed by atoms with E-state index in [1.165, 1.54) is 6.07 Å². The van der Waals surface area contributed by atoms with Gasteiger partial charge in [-0.25, -0.2) is 9.37 Å². The number of nitrogens with two attached hydrogens (primary N) is 1. The van der Waals surface area contributed by atoms with Gasteiger partial charge < -0.3 is 11.1 Å². The lowest BCUT2D eigenvalue weighted by molar-refractivity contribution is 0.622. The Morgan fingerprint density at radius 2 is 2.06 bits per heavy atom. The summed E-state index contributed by atoms with van der Waals surface area (Å²) in [5.74, 6) is 0.270. The summed E-state index contributed by atoms with van der Waals surface area (Å²) in [4.78, 5) is 4.17. The first-order valence-corrected chi connectivity index (χ1v) is 6.70. The summed E-state index contributed by atoms with van der Waals surface area (Å²) in [5.41, 5.74) is 7.86. The highest BCUT2D eigenvalue weighted by molar-refractivity contribution is 9.11. The molecule has 1 aromatic carbocycles. The summed E-state index contributed by atoms with van der Waals surface area (Å²) in [6.45, 7) is 1.88. The van der Waals surface area contributed by atoms with Gasteiger partial charge in [0.15, 0.2) is 0 Å². The van der Waals surface area contributed by atoms with Crippen LogP contribution in [0.15, 0.2) is 33.3 Å². The first-order chi connectivity index (χ1) is 8.49. The maximum Gasteiger partial charge on any atom is 0.145 e. The fourth-order valence-corrected chi connectivity index (χ4v) is 2.07. The van der Waals surface area contributed by atoms with E-state index < -0.39 is 0 Å². The molecule has 3 N–H and O–H groups in total. The molecule has 18 heavy (non-hydrogen) atoms. The van der Waals surface area contributed by atoms with Crippen molar-refractivity contribution in [3.8, 4) is 0 Å². The predicted molar refractivity (Wildman–Crippen MR) is 78.5 cm³/mol. The second-order valence-electron chi connectivity index (χ2n) is 3.76. The molecule has 0 saturated carbocycles. The monoisotopic (exact) mass is 373 g/mol. The molecule has 94 valence electrons. The third kappa shape index (κ3) is 2.64. The van der Waals surface area contributed by atoms with Crippen LogP contribution in [0, 0.1) is 12.7 Å². The zero-order valence-electron chi connectivity index (χ0n) is 9.47. The molecule has 0 radical (unpaired) electrons. The van der Waals surface area contributed by atoms with E-state index in [-0.39, 0.29) is 5.82 Å². The van der Waals surface area contributed by atoms with Gasteiger partial charge in [0.25, 0.3) is 0 Å². The lowest BCUT2D eigenvalue weighted by Gasteiger charge is -2.11. The van der Waals surface area contributed by atoms with Crippen molar-refractivity contribution < 1.29 is 4.39 Å². The van der Waals surface area contributed by atoms with Gasteiger partial charge in [-0.2, -0.15) is 0 Å². The standard InChI is InChI=1S/C12H10Br2FN3/c1-6-10(16)5-17-12(11(6)14)18-7-2-3-8(13)9(15)4-7/h2-5H,16H2,1H3,(H,17,18). The first kappa shape index (κ1) is 13.3. The molecule has 0 aliphatic heterocycles. The second-order valence-corrected chi connectivity index (χ2v) is 5.40. The van der Waals surface area contributed by atoms with Crippen LogP contribution in [0.2, 0.25) is 0 Å². The highest BCUT2D eigenvalue weighted by Gasteiger charge is 2.08. The van der Waals surface area contributed by atoms with Crippen molar-refractivity contribution in [2.75, 3.05) is 11.1 Å². The minimum absolute atomic E-state index is 0.330. The lowest BCUT2D eigenvalue weighted by Crippen LogP contribution is -1.99. The molecule has 2 aromatic rings. The van der Waals surface area contributed by atoms with Crippen molar-refractivity contribution in [2.24, 2.45) is 0 Å². The minimum Gasteiger partial charge on any atom is -0.397 e. The molecule has 0 amide bonds. The summed E-state index contributed by atoms with van der Waals surface area (Å²) in [5, 5.41) is 3.03. The summed E-state index contributed by atoms with van der Waals surface area (Å²) < 4.78 is 14.6. The van der Waals surface area contributed by atoms with E-state index in [0.717, 1.165) is 10.0 Å². The van der Waals surface area contributed by atoms with Crippen LogP contribution in [0.4, 0.5) is 21.6 Å². The van der Waals surface area contributed by atoms with Gasteiger partial charge in [-0.1, -0.05) is 0 Å². The number of benzene rings is 1. The van der Waals surface area contributed by atoms with E-state index in [1.807, 2.05) is 6.92 Å². The number of hydrogen-bond donors (Lipinski definition) is 2. The van der Waals surface area contributed by atoms with E-state index in [1.54, 1.807) is 18.3 Å². The molecular weight excluding hydrogens is 365 g/mol. The van der Waals surface area contributed by atoms with Gasteiger partial charge >= 0.3 is 0 Å². The smallest absolute Gasteiger partial charge is 0.145 e. The molecule has 1 heterocycles. The van der Waals surface area contributed by atoms with Crippen LogP contribution in [-0.4, -0.2) is 4.98 Å². The number of nitrogen functional groups attached to an aromatic ring is 1. The molecular formula is C12H10Br2FN3. The lowest BCUT2D eigenvalue weighted by atomic mass is 10.2. The third-order valence-corrected chi connectivity index (χ3v) is 4.10. The molecule has 3 nitrogen and oxygen atoms in total. The Hall–Kier alpha value is -1.14. The van der Waals surface area contributed by atoms with Crippen molar-refractivity contribution in [3.63, 3.8) is 0 Å². The maximum absolute atomic E-state index is 13.4. The molecule has 0 aliphatic carbocycles. The van der Waals surface area contributed by atoms with Gasteiger partial charge in [-0.05, 0) is 62.5 Å². The minimum atomic E-state index is -0.330. The molecule has 0 unspecified atom stereocenters. The van der Waals surface area contributed by atoms with Gasteiger partial charge in [0.05, 0.1) is 20.8 Å². The number of aromatic nitrogens is 1. The van der Waals surface area contributed by atoms with Crippen molar-refractivity contribution in [1.82, 2.24) is 4.98 Å². The van der Waals surface area contributed by atoms with E-state index in [0.29, 0.717) is 21.7 Å². The maximum atomic E-state index is 13.4. The number of rotatable bonds is 2. The van der Waals surface area contributed by atoms with E-state index in [9.17, 15) is 4.39 Å². The number of hydrogen-bond acceptors (Lipinski definition) is 3. The summed E-state index contributed by atoms with van der Waals surface area (Å²) in [6.07, 6.45) is 1.57. The highest BCUT2D eigenvalue weighted by Crippen LogP contribution is 2.30. The van der Waals surface area contributed by atoms with E-state index in [4.69, 9.17) is 5.73 Å². The van der Waals surface area contributed by atoms with Crippen molar-refractivity contribution >= 4 is 49.1 Å². The molecule has 0 atom stereocenters. The molecule has 0 spiro atoms. The van der Waals surface area contributed by atoms with Crippen LogP contribution in [0.1, 0.15) is 5.56 Å². The number of nitrogens with zero attached hydrogens (tertiary/aromatic N) is 1. The molecule has 0 aliphatic rings. The molecule has 0 bridgehead atoms. The molecule has 6 heteroatoms. The fourth-order valence-electron chi connectivity index (χ4n) is 1.39. The zero-order valence-corrected chi connectivity index (χ0v) is 12.6. The Morgan fingerprint density at radius 3 is 2.72 bits per heavy atom.